The fourth-order valence-electron chi connectivity index (χ4n) is 1.69. The van der Waals surface area contributed by atoms with Gasteiger partial charge in [0.1, 0.15) is 0 Å². The van der Waals surface area contributed by atoms with Crippen LogP contribution in [0.2, 0.25) is 0 Å². The van der Waals surface area contributed by atoms with E-state index in [0.29, 0.717) is 12.1 Å². The van der Waals surface area contributed by atoms with Crippen LogP contribution in [0.5, 0.6) is 0 Å². The first-order chi connectivity index (χ1) is 9.63. The summed E-state index contributed by atoms with van der Waals surface area (Å²) in [7, 11) is 0. The minimum Gasteiger partial charge on any atom is -0.399 e. The lowest BCUT2D eigenvalue weighted by Gasteiger charge is -2.05. The number of nitrogens with two attached hydrogens (primary N) is 1. The molecule has 0 unspecified atom stereocenters. The standard InChI is InChI=1S/C16H18N2OS/c1-12-2-8-15(9-3-12)20-11-10-16(19)18-14-6-4-13(17)5-7-14/h2-9H,10-11,17H2,1H3,(H,18,19). The van der Waals surface area contributed by atoms with Crippen LogP contribution in [-0.2, 0) is 4.79 Å². The van der Waals surface area contributed by atoms with E-state index in [1.54, 1.807) is 36.0 Å². The number of hydrogen-bond acceptors (Lipinski definition) is 3. The topological polar surface area (TPSA) is 55.1 Å². The molecule has 0 heterocycles. The Balaban J connectivity index is 1.75. The van der Waals surface area contributed by atoms with Crippen molar-refractivity contribution in [2.45, 2.75) is 18.2 Å². The number of carbonyl (C=O) groups excluding carboxylic acids is 1. The largest absolute Gasteiger partial charge is 0.399 e. The first-order valence-corrected chi connectivity index (χ1v) is 7.47. The number of hydrogen-bond donors (Lipinski definition) is 2. The third-order valence-corrected chi connectivity index (χ3v) is 3.83. The molecule has 104 valence electrons. The van der Waals surface area contributed by atoms with E-state index in [1.165, 1.54) is 10.5 Å². The Labute approximate surface area is 123 Å². The van der Waals surface area contributed by atoms with Gasteiger partial charge in [-0.3, -0.25) is 4.79 Å². The third-order valence-electron chi connectivity index (χ3n) is 2.81. The molecule has 0 aromatic heterocycles. The predicted molar refractivity (Wildman–Crippen MR) is 86.0 cm³/mol. The van der Waals surface area contributed by atoms with Gasteiger partial charge in [-0.2, -0.15) is 0 Å². The highest BCUT2D eigenvalue weighted by molar-refractivity contribution is 7.99. The molecular formula is C16H18N2OS. The molecule has 0 saturated carbocycles. The first-order valence-electron chi connectivity index (χ1n) is 6.48. The second kappa shape index (κ2) is 7.01. The van der Waals surface area contributed by atoms with Crippen LogP contribution in [0, 0.1) is 6.92 Å². The Kier molecular flexibility index (Phi) is 5.07. The number of rotatable bonds is 5. The van der Waals surface area contributed by atoms with E-state index in [-0.39, 0.29) is 5.91 Å². The molecule has 3 nitrogen and oxygen atoms in total. The Morgan fingerprint density at radius 2 is 1.75 bits per heavy atom. The van der Waals surface area contributed by atoms with Gasteiger partial charge >= 0.3 is 0 Å². The summed E-state index contributed by atoms with van der Waals surface area (Å²) in [6.07, 6.45) is 0.489. The smallest absolute Gasteiger partial charge is 0.225 e. The van der Waals surface area contributed by atoms with Gasteiger partial charge in [0.05, 0.1) is 0 Å². The number of anilines is 2. The quantitative estimate of drug-likeness (QED) is 0.651. The van der Waals surface area contributed by atoms with E-state index in [4.69, 9.17) is 5.73 Å². The zero-order valence-electron chi connectivity index (χ0n) is 11.4. The van der Waals surface area contributed by atoms with Gasteiger partial charge < -0.3 is 11.1 Å². The second-order valence-electron chi connectivity index (χ2n) is 4.58. The van der Waals surface area contributed by atoms with E-state index < -0.39 is 0 Å². The van der Waals surface area contributed by atoms with Gasteiger partial charge in [-0.25, -0.2) is 0 Å². The Bertz CT molecular complexity index is 564. The normalized spacial score (nSPS) is 10.2. The maximum Gasteiger partial charge on any atom is 0.225 e. The summed E-state index contributed by atoms with van der Waals surface area (Å²) in [4.78, 5) is 13.0. The number of aryl methyl sites for hydroxylation is 1. The Morgan fingerprint density at radius 1 is 1.10 bits per heavy atom. The molecule has 2 aromatic rings. The molecular weight excluding hydrogens is 268 g/mol. The van der Waals surface area contributed by atoms with Crippen LogP contribution in [0.1, 0.15) is 12.0 Å². The molecule has 0 fully saturated rings. The summed E-state index contributed by atoms with van der Waals surface area (Å²) < 4.78 is 0. The second-order valence-corrected chi connectivity index (χ2v) is 5.75. The van der Waals surface area contributed by atoms with Crippen LogP contribution in [0.4, 0.5) is 11.4 Å². The number of amides is 1. The zero-order chi connectivity index (χ0) is 14.4. The predicted octanol–water partition coefficient (Wildman–Crippen LogP) is 3.70. The third kappa shape index (κ3) is 4.63. The van der Waals surface area contributed by atoms with Gasteiger partial charge in [-0.15, -0.1) is 11.8 Å². The minimum absolute atomic E-state index is 0.0226. The van der Waals surface area contributed by atoms with E-state index in [0.717, 1.165) is 11.4 Å². The molecule has 0 spiro atoms. The SMILES string of the molecule is Cc1ccc(SCCC(=O)Nc2ccc(N)cc2)cc1. The van der Waals surface area contributed by atoms with Gasteiger partial charge in [0.15, 0.2) is 0 Å². The van der Waals surface area contributed by atoms with Gasteiger partial charge in [0.2, 0.25) is 5.91 Å². The number of carbonyl (C=O) groups is 1. The summed E-state index contributed by atoms with van der Waals surface area (Å²) >= 11 is 1.69. The molecule has 4 heteroatoms. The van der Waals surface area contributed by atoms with Crippen molar-refractivity contribution in [3.63, 3.8) is 0 Å². The molecule has 1 amide bonds. The van der Waals surface area contributed by atoms with Crippen LogP contribution in [0.15, 0.2) is 53.4 Å². The fraction of sp³-hybridized carbons (Fsp3) is 0.188. The van der Waals surface area contributed by atoms with Crippen molar-refractivity contribution in [3.05, 3.63) is 54.1 Å². The summed E-state index contributed by atoms with van der Waals surface area (Å²) in [6, 6.07) is 15.5. The van der Waals surface area contributed by atoms with Crippen molar-refractivity contribution in [1.29, 1.82) is 0 Å². The lowest BCUT2D eigenvalue weighted by atomic mass is 10.2. The van der Waals surface area contributed by atoms with E-state index >= 15 is 0 Å². The summed E-state index contributed by atoms with van der Waals surface area (Å²) in [5, 5.41) is 2.86. The highest BCUT2D eigenvalue weighted by atomic mass is 32.2. The summed E-state index contributed by atoms with van der Waals surface area (Å²) in [6.45, 7) is 2.06. The van der Waals surface area contributed by atoms with Crippen molar-refractivity contribution >= 4 is 29.0 Å². The van der Waals surface area contributed by atoms with Crippen molar-refractivity contribution in [1.82, 2.24) is 0 Å². The van der Waals surface area contributed by atoms with Crippen LogP contribution in [0.3, 0.4) is 0 Å². The molecule has 0 bridgehead atoms. The van der Waals surface area contributed by atoms with Crippen LogP contribution < -0.4 is 11.1 Å². The molecule has 2 rings (SSSR count). The van der Waals surface area contributed by atoms with Gasteiger partial charge in [0.25, 0.3) is 0 Å². The molecule has 2 aromatic carbocycles. The molecule has 3 N–H and O–H groups in total. The summed E-state index contributed by atoms with van der Waals surface area (Å²) in [5.74, 6) is 0.790. The average Bonchev–Trinajstić information content (AvgIpc) is 2.44. The van der Waals surface area contributed by atoms with Crippen molar-refractivity contribution in [2.75, 3.05) is 16.8 Å². The Hall–Kier alpha value is -1.94. The van der Waals surface area contributed by atoms with Crippen molar-refractivity contribution in [2.24, 2.45) is 0 Å². The number of nitrogens with one attached hydrogen (secondary N) is 1. The first kappa shape index (κ1) is 14.5. The highest BCUT2D eigenvalue weighted by Gasteiger charge is 2.03. The zero-order valence-corrected chi connectivity index (χ0v) is 12.2. The lowest BCUT2D eigenvalue weighted by Crippen LogP contribution is -2.12. The minimum atomic E-state index is 0.0226. The van der Waals surface area contributed by atoms with Crippen molar-refractivity contribution < 1.29 is 4.79 Å². The van der Waals surface area contributed by atoms with E-state index in [2.05, 4.69) is 36.5 Å². The van der Waals surface area contributed by atoms with E-state index in [9.17, 15) is 4.79 Å². The summed E-state index contributed by atoms with van der Waals surface area (Å²) in [5.41, 5.74) is 8.32. The van der Waals surface area contributed by atoms with Crippen LogP contribution in [-0.4, -0.2) is 11.7 Å². The molecule has 0 aliphatic rings. The molecule has 0 aliphatic heterocycles. The number of thioether (sulfide) groups is 1. The average molecular weight is 286 g/mol. The maximum atomic E-state index is 11.8. The molecule has 20 heavy (non-hydrogen) atoms. The molecule has 0 atom stereocenters. The highest BCUT2D eigenvalue weighted by Crippen LogP contribution is 2.19. The van der Waals surface area contributed by atoms with Crippen LogP contribution >= 0.6 is 11.8 Å². The monoisotopic (exact) mass is 286 g/mol. The maximum absolute atomic E-state index is 11.8. The molecule has 0 saturated heterocycles. The van der Waals surface area contributed by atoms with Crippen molar-refractivity contribution in [3.8, 4) is 0 Å². The molecule has 0 aliphatic carbocycles. The van der Waals surface area contributed by atoms with Gasteiger partial charge in [-0.05, 0) is 43.3 Å². The lowest BCUT2D eigenvalue weighted by molar-refractivity contribution is -0.115. The number of benzene rings is 2. The Morgan fingerprint density at radius 3 is 2.40 bits per heavy atom. The van der Waals surface area contributed by atoms with Gasteiger partial charge in [-0.1, -0.05) is 17.7 Å². The van der Waals surface area contributed by atoms with Gasteiger partial charge in [0, 0.05) is 28.4 Å². The fourth-order valence-corrected chi connectivity index (χ4v) is 2.54. The van der Waals surface area contributed by atoms with Crippen LogP contribution in [0.25, 0.3) is 0 Å². The van der Waals surface area contributed by atoms with E-state index in [1.807, 2.05) is 0 Å². The molecule has 0 radical (unpaired) electrons. The number of nitrogen functional groups attached to an aromatic ring is 1.